The van der Waals surface area contributed by atoms with E-state index in [1.165, 1.54) is 0 Å². The fourth-order valence-electron chi connectivity index (χ4n) is 3.92. The molecule has 0 aliphatic carbocycles. The van der Waals surface area contributed by atoms with E-state index in [4.69, 9.17) is 21.9 Å². The van der Waals surface area contributed by atoms with Crippen molar-refractivity contribution in [2.45, 2.75) is 49.8 Å². The maximum Gasteiger partial charge on any atom is 0.264 e. The summed E-state index contributed by atoms with van der Waals surface area (Å²) in [7, 11) is 0. The predicted molar refractivity (Wildman–Crippen MR) is 136 cm³/mol. The van der Waals surface area contributed by atoms with E-state index in [0.29, 0.717) is 25.3 Å². The molecule has 0 saturated heterocycles. The summed E-state index contributed by atoms with van der Waals surface area (Å²) in [5.41, 5.74) is 2.09. The third-order valence-electron chi connectivity index (χ3n) is 5.53. The molecule has 33 heavy (non-hydrogen) atoms. The van der Waals surface area contributed by atoms with Crippen molar-refractivity contribution in [3.63, 3.8) is 0 Å². The molecule has 172 valence electrons. The third kappa shape index (κ3) is 4.91. The molecule has 0 bridgehead atoms. The number of rotatable bonds is 7. The number of H-pyrrole nitrogens is 1. The largest absolute Gasteiger partial charge is 0.494 e. The second kappa shape index (κ2) is 10.4. The van der Waals surface area contributed by atoms with Crippen molar-refractivity contribution in [1.82, 2.24) is 9.55 Å². The van der Waals surface area contributed by atoms with E-state index in [1.807, 2.05) is 55.5 Å². The standard InChI is InChI=1S/C25H27N3O3S2/c1-3-5-14-28-24(30)22(23(29)27-25(28)32)18-15-21(16-10-6-8-12-19(16)31-4-2)33-20-13-9-7-11-17(20)26-18/h6-13,21,30H,3-5,14-15H2,1-2H3,(H,27,29,32). The number of ether oxygens (including phenoxy) is 1. The molecule has 1 unspecified atom stereocenters. The summed E-state index contributed by atoms with van der Waals surface area (Å²) in [6.07, 6.45) is 2.23. The number of nitrogens with zero attached hydrogens (tertiary/aromatic N) is 2. The van der Waals surface area contributed by atoms with Crippen LogP contribution in [0.5, 0.6) is 11.6 Å². The predicted octanol–water partition coefficient (Wildman–Crippen LogP) is 6.17. The van der Waals surface area contributed by atoms with Crippen LogP contribution in [0, 0.1) is 4.77 Å². The topological polar surface area (TPSA) is 79.6 Å². The molecule has 1 aromatic heterocycles. The Balaban J connectivity index is 1.88. The van der Waals surface area contributed by atoms with Crippen molar-refractivity contribution in [3.05, 3.63) is 74.8 Å². The molecule has 0 saturated carbocycles. The zero-order valence-electron chi connectivity index (χ0n) is 18.7. The van der Waals surface area contributed by atoms with Crippen molar-refractivity contribution < 1.29 is 9.84 Å². The van der Waals surface area contributed by atoms with Gasteiger partial charge in [-0.2, -0.15) is 0 Å². The van der Waals surface area contributed by atoms with Crippen LogP contribution in [0.1, 0.15) is 49.5 Å². The van der Waals surface area contributed by atoms with Gasteiger partial charge in [0.2, 0.25) is 5.88 Å². The minimum atomic E-state index is -0.426. The molecule has 4 rings (SSSR count). The lowest BCUT2D eigenvalue weighted by molar-refractivity contribution is 0.336. The molecular formula is C25H27N3O3S2. The van der Waals surface area contributed by atoms with Gasteiger partial charge in [-0.3, -0.25) is 19.3 Å². The van der Waals surface area contributed by atoms with E-state index in [1.54, 1.807) is 16.3 Å². The van der Waals surface area contributed by atoms with E-state index in [2.05, 4.69) is 11.9 Å². The number of hydrogen-bond acceptors (Lipinski definition) is 6. The summed E-state index contributed by atoms with van der Waals surface area (Å²) in [6, 6.07) is 15.8. The summed E-state index contributed by atoms with van der Waals surface area (Å²) in [6.45, 7) is 5.11. The van der Waals surface area contributed by atoms with Crippen LogP contribution in [-0.2, 0) is 6.54 Å². The van der Waals surface area contributed by atoms with E-state index in [9.17, 15) is 9.90 Å². The lowest BCUT2D eigenvalue weighted by Gasteiger charge is -2.20. The smallest absolute Gasteiger partial charge is 0.264 e. The van der Waals surface area contributed by atoms with Crippen LogP contribution in [0.25, 0.3) is 0 Å². The number of thioether (sulfide) groups is 1. The number of fused-ring (bicyclic) bond motifs is 1. The third-order valence-corrected chi connectivity index (χ3v) is 7.16. The number of aromatic amines is 1. The Morgan fingerprint density at radius 2 is 1.97 bits per heavy atom. The molecule has 1 aliphatic rings. The van der Waals surface area contributed by atoms with Gasteiger partial charge in [0.25, 0.3) is 5.56 Å². The molecule has 2 N–H and O–H groups in total. The normalized spacial score (nSPS) is 15.5. The Kier molecular flexibility index (Phi) is 7.35. The molecule has 0 spiro atoms. The number of unbranched alkanes of at least 4 members (excludes halogenated alkanes) is 1. The van der Waals surface area contributed by atoms with Crippen LogP contribution in [-0.4, -0.2) is 27.0 Å². The van der Waals surface area contributed by atoms with Gasteiger partial charge in [-0.05, 0) is 43.8 Å². The second-order valence-corrected chi connectivity index (χ2v) is 9.40. The highest BCUT2D eigenvalue weighted by Gasteiger charge is 2.28. The summed E-state index contributed by atoms with van der Waals surface area (Å²) in [5.74, 6) is 0.686. The van der Waals surface area contributed by atoms with Crippen LogP contribution < -0.4 is 10.3 Å². The maximum absolute atomic E-state index is 13.0. The van der Waals surface area contributed by atoms with Gasteiger partial charge >= 0.3 is 0 Å². The minimum Gasteiger partial charge on any atom is -0.494 e. The zero-order chi connectivity index (χ0) is 23.4. The average molecular weight is 482 g/mol. The monoisotopic (exact) mass is 481 g/mol. The Morgan fingerprint density at radius 1 is 1.21 bits per heavy atom. The molecule has 2 heterocycles. The number of para-hydroxylation sites is 2. The van der Waals surface area contributed by atoms with Crippen LogP contribution >= 0.6 is 24.0 Å². The molecule has 1 aliphatic heterocycles. The van der Waals surface area contributed by atoms with Gasteiger partial charge in [-0.15, -0.1) is 11.8 Å². The highest BCUT2D eigenvalue weighted by Crippen LogP contribution is 2.47. The summed E-state index contributed by atoms with van der Waals surface area (Å²) in [4.78, 5) is 21.6. The Labute approximate surface area is 202 Å². The van der Waals surface area contributed by atoms with Gasteiger partial charge in [0.05, 0.1) is 18.0 Å². The van der Waals surface area contributed by atoms with Crippen molar-refractivity contribution >= 4 is 35.4 Å². The number of benzene rings is 2. The first-order chi connectivity index (χ1) is 16.0. The average Bonchev–Trinajstić information content (AvgIpc) is 2.99. The first-order valence-corrected chi connectivity index (χ1v) is 12.4. The fraction of sp³-hybridized carbons (Fsp3) is 0.320. The molecule has 0 amide bonds. The number of nitrogens with one attached hydrogen (secondary N) is 1. The van der Waals surface area contributed by atoms with Gasteiger partial charge in [-0.1, -0.05) is 43.7 Å². The van der Waals surface area contributed by atoms with Crippen LogP contribution in [0.2, 0.25) is 0 Å². The van der Waals surface area contributed by atoms with Crippen molar-refractivity contribution in [3.8, 4) is 11.6 Å². The van der Waals surface area contributed by atoms with Crippen LogP contribution in [0.4, 0.5) is 5.69 Å². The summed E-state index contributed by atoms with van der Waals surface area (Å²) >= 11 is 7.01. The van der Waals surface area contributed by atoms with Crippen LogP contribution in [0.3, 0.4) is 0 Å². The summed E-state index contributed by atoms with van der Waals surface area (Å²) < 4.78 is 7.71. The Morgan fingerprint density at radius 3 is 2.76 bits per heavy atom. The van der Waals surface area contributed by atoms with Crippen LogP contribution in [0.15, 0.2) is 63.2 Å². The Bertz CT molecular complexity index is 1300. The van der Waals surface area contributed by atoms with E-state index in [-0.39, 0.29) is 21.5 Å². The summed E-state index contributed by atoms with van der Waals surface area (Å²) in [5, 5.41) is 11.1. The number of aromatic nitrogens is 2. The lowest BCUT2D eigenvalue weighted by Crippen LogP contribution is -2.24. The quantitative estimate of drug-likeness (QED) is 0.395. The molecule has 2 aromatic carbocycles. The van der Waals surface area contributed by atoms with Crippen molar-refractivity contribution in [2.24, 2.45) is 4.99 Å². The molecule has 0 radical (unpaired) electrons. The fourth-order valence-corrected chi connectivity index (χ4v) is 5.45. The lowest BCUT2D eigenvalue weighted by atomic mass is 10.0. The van der Waals surface area contributed by atoms with E-state index < -0.39 is 5.56 Å². The van der Waals surface area contributed by atoms with Gasteiger partial charge in [0.1, 0.15) is 11.3 Å². The van der Waals surface area contributed by atoms with Crippen molar-refractivity contribution in [1.29, 1.82) is 0 Å². The van der Waals surface area contributed by atoms with Gasteiger partial charge < -0.3 is 9.84 Å². The highest BCUT2D eigenvalue weighted by atomic mass is 32.2. The SMILES string of the molecule is CCCCn1c(O)c(C2=Nc3ccccc3SC(c3ccccc3OCC)C2)c(=O)[nH]c1=S. The first kappa shape index (κ1) is 23.3. The maximum atomic E-state index is 13.0. The van der Waals surface area contributed by atoms with Crippen molar-refractivity contribution in [2.75, 3.05) is 6.61 Å². The molecule has 1 atom stereocenters. The minimum absolute atomic E-state index is 0.0544. The highest BCUT2D eigenvalue weighted by molar-refractivity contribution is 7.99. The number of aromatic hydroxyl groups is 1. The molecule has 0 fully saturated rings. The van der Waals surface area contributed by atoms with E-state index >= 15 is 0 Å². The second-order valence-electron chi connectivity index (χ2n) is 7.77. The molecular weight excluding hydrogens is 454 g/mol. The zero-order valence-corrected chi connectivity index (χ0v) is 20.3. The van der Waals surface area contributed by atoms with Gasteiger partial charge in [0, 0.05) is 28.7 Å². The van der Waals surface area contributed by atoms with E-state index in [0.717, 1.165) is 34.7 Å². The number of aliphatic imine (C=N–C) groups is 1. The molecule has 3 aromatic rings. The molecule has 8 heteroatoms. The first-order valence-electron chi connectivity index (χ1n) is 11.1. The van der Waals surface area contributed by atoms with Gasteiger partial charge in [0.15, 0.2) is 4.77 Å². The Hall–Kier alpha value is -2.84. The van der Waals surface area contributed by atoms with Gasteiger partial charge in [-0.25, -0.2) is 0 Å². The molecule has 6 nitrogen and oxygen atoms in total. The number of hydrogen-bond donors (Lipinski definition) is 2.